The maximum atomic E-state index is 13.2. The summed E-state index contributed by atoms with van der Waals surface area (Å²) in [5.74, 6) is 0.0843. The molecule has 0 aliphatic rings. The van der Waals surface area contributed by atoms with Crippen LogP contribution in [-0.4, -0.2) is 26.1 Å². The molecule has 1 amide bonds. The highest BCUT2D eigenvalue weighted by atomic mass is 32.1. The Labute approximate surface area is 180 Å². The van der Waals surface area contributed by atoms with Crippen molar-refractivity contribution >= 4 is 39.5 Å². The summed E-state index contributed by atoms with van der Waals surface area (Å²) in [4.78, 5) is 22.2. The number of amides is 1. The van der Waals surface area contributed by atoms with Crippen LogP contribution in [0.15, 0.2) is 48.1 Å². The largest absolute Gasteiger partial charge is 0.363 e. The monoisotopic (exact) mass is 440 g/mol. The molecule has 0 spiro atoms. The molecule has 2 N–H and O–H groups in total. The molecule has 0 saturated carbocycles. The van der Waals surface area contributed by atoms with Crippen molar-refractivity contribution in [1.82, 2.24) is 20.2 Å². The van der Waals surface area contributed by atoms with Crippen molar-refractivity contribution < 1.29 is 9.18 Å². The van der Waals surface area contributed by atoms with E-state index in [1.165, 1.54) is 29.7 Å². The van der Waals surface area contributed by atoms with Gasteiger partial charge in [0.15, 0.2) is 0 Å². The fourth-order valence-electron chi connectivity index (χ4n) is 2.82. The summed E-state index contributed by atoms with van der Waals surface area (Å²) in [6.07, 6.45) is 1.51. The van der Waals surface area contributed by atoms with Crippen molar-refractivity contribution in [3.8, 4) is 10.6 Å². The zero-order chi connectivity index (χ0) is 21.1. The van der Waals surface area contributed by atoms with Gasteiger partial charge in [-0.2, -0.15) is 0 Å². The molecule has 3 heterocycles. The van der Waals surface area contributed by atoms with Crippen LogP contribution in [0, 0.1) is 12.7 Å². The molecule has 1 aromatic carbocycles. The fourth-order valence-corrected chi connectivity index (χ4v) is 4.34. The summed E-state index contributed by atoms with van der Waals surface area (Å²) in [6.45, 7) is 3.97. The van der Waals surface area contributed by atoms with E-state index < -0.39 is 0 Å². The summed E-state index contributed by atoms with van der Waals surface area (Å²) in [6, 6.07) is 9.72. The number of pyridine rings is 1. The highest BCUT2D eigenvalue weighted by Gasteiger charge is 2.16. The Bertz CT molecular complexity index is 1140. The molecule has 0 fully saturated rings. The Balaban J connectivity index is 1.44. The van der Waals surface area contributed by atoms with Crippen molar-refractivity contribution in [2.45, 2.75) is 19.9 Å². The number of nitrogens with one attached hydrogen (secondary N) is 2. The number of hydrogen-bond acceptors (Lipinski definition) is 8. The maximum Gasteiger partial charge on any atom is 0.259 e. The number of anilines is 2. The lowest BCUT2D eigenvalue weighted by Crippen LogP contribution is -2.13. The normalized spacial score (nSPS) is 11.8. The smallest absolute Gasteiger partial charge is 0.259 e. The van der Waals surface area contributed by atoms with E-state index in [9.17, 15) is 9.18 Å². The van der Waals surface area contributed by atoms with E-state index >= 15 is 0 Å². The lowest BCUT2D eigenvalue weighted by molar-refractivity contribution is 0.102. The zero-order valence-corrected chi connectivity index (χ0v) is 17.7. The number of thiazole rings is 1. The van der Waals surface area contributed by atoms with Crippen LogP contribution in [-0.2, 0) is 0 Å². The van der Waals surface area contributed by atoms with Crippen molar-refractivity contribution in [2.24, 2.45) is 0 Å². The van der Waals surface area contributed by atoms with E-state index in [2.05, 4.69) is 30.8 Å². The van der Waals surface area contributed by atoms with E-state index in [4.69, 9.17) is 0 Å². The maximum absolute atomic E-state index is 13.2. The SMILES string of the molecule is Cc1nc(-c2ccc(F)cc2)sc1C(C)Nc1ccc(C(=O)Nc2nncs2)cn1. The second-order valence-corrected chi connectivity index (χ2v) is 8.34. The lowest BCUT2D eigenvalue weighted by Gasteiger charge is -2.13. The molecule has 7 nitrogen and oxygen atoms in total. The first-order valence-corrected chi connectivity index (χ1v) is 10.7. The number of rotatable bonds is 6. The summed E-state index contributed by atoms with van der Waals surface area (Å²) in [5.41, 5.74) is 3.76. The quantitative estimate of drug-likeness (QED) is 0.442. The number of hydrogen-bond donors (Lipinski definition) is 2. The third-order valence-electron chi connectivity index (χ3n) is 4.29. The van der Waals surface area contributed by atoms with Gasteiger partial charge in [0, 0.05) is 16.6 Å². The molecular formula is C20H17FN6OS2. The first-order chi connectivity index (χ1) is 14.5. The van der Waals surface area contributed by atoms with Gasteiger partial charge in [-0.3, -0.25) is 10.1 Å². The number of aryl methyl sites for hydroxylation is 1. The van der Waals surface area contributed by atoms with Gasteiger partial charge in [0.1, 0.15) is 22.2 Å². The third kappa shape index (κ3) is 4.50. The van der Waals surface area contributed by atoms with Crippen LogP contribution >= 0.6 is 22.7 Å². The minimum absolute atomic E-state index is 0.0368. The van der Waals surface area contributed by atoms with Gasteiger partial charge in [0.05, 0.1) is 17.3 Å². The number of nitrogens with zero attached hydrogens (tertiary/aromatic N) is 4. The van der Waals surface area contributed by atoms with Gasteiger partial charge < -0.3 is 5.32 Å². The van der Waals surface area contributed by atoms with Crippen LogP contribution in [0.5, 0.6) is 0 Å². The molecule has 1 atom stereocenters. The Morgan fingerprint density at radius 3 is 2.63 bits per heavy atom. The molecule has 152 valence electrons. The number of benzene rings is 1. The Hall–Kier alpha value is -3.24. The molecule has 0 aliphatic heterocycles. The Morgan fingerprint density at radius 2 is 1.97 bits per heavy atom. The van der Waals surface area contributed by atoms with E-state index in [1.807, 2.05) is 13.8 Å². The summed E-state index contributed by atoms with van der Waals surface area (Å²) < 4.78 is 13.2. The van der Waals surface area contributed by atoms with Gasteiger partial charge in [0.2, 0.25) is 5.13 Å². The van der Waals surface area contributed by atoms with Gasteiger partial charge in [-0.25, -0.2) is 14.4 Å². The molecule has 0 saturated heterocycles. The number of carbonyl (C=O) groups is 1. The number of halogens is 1. The summed E-state index contributed by atoms with van der Waals surface area (Å²) in [7, 11) is 0. The molecule has 4 rings (SSSR count). The average Bonchev–Trinajstić information content (AvgIpc) is 3.38. The second kappa shape index (κ2) is 8.64. The molecule has 4 aromatic rings. The van der Waals surface area contributed by atoms with Crippen LogP contribution < -0.4 is 10.6 Å². The first-order valence-electron chi connectivity index (χ1n) is 9.03. The van der Waals surface area contributed by atoms with E-state index in [-0.39, 0.29) is 17.8 Å². The molecule has 10 heteroatoms. The van der Waals surface area contributed by atoms with Gasteiger partial charge in [0.25, 0.3) is 5.91 Å². The first kappa shape index (κ1) is 20.0. The van der Waals surface area contributed by atoms with Gasteiger partial charge in [-0.1, -0.05) is 11.3 Å². The molecule has 3 aromatic heterocycles. The van der Waals surface area contributed by atoms with Crippen LogP contribution in [0.2, 0.25) is 0 Å². The van der Waals surface area contributed by atoms with Crippen molar-refractivity contribution in [3.63, 3.8) is 0 Å². The van der Waals surface area contributed by atoms with Crippen LogP contribution in [0.25, 0.3) is 10.6 Å². The predicted molar refractivity (Wildman–Crippen MR) is 116 cm³/mol. The van der Waals surface area contributed by atoms with Crippen LogP contribution in [0.1, 0.15) is 33.9 Å². The van der Waals surface area contributed by atoms with Gasteiger partial charge >= 0.3 is 0 Å². The standard InChI is InChI=1S/C20H17FN6OS2/c1-11(17-12(2)25-19(30-17)13-3-6-15(21)7-4-13)24-16-8-5-14(9-22-16)18(28)26-20-27-23-10-29-20/h3-11H,1-2H3,(H,22,24)(H,26,27,28). The van der Waals surface area contributed by atoms with Crippen molar-refractivity contribution in [3.05, 3.63) is 70.1 Å². The van der Waals surface area contributed by atoms with E-state index in [1.54, 1.807) is 41.1 Å². The number of aromatic nitrogens is 4. The molecule has 1 unspecified atom stereocenters. The van der Waals surface area contributed by atoms with E-state index in [0.29, 0.717) is 16.5 Å². The number of carbonyl (C=O) groups excluding carboxylic acids is 1. The summed E-state index contributed by atoms with van der Waals surface area (Å²) >= 11 is 2.80. The predicted octanol–water partition coefficient (Wildman–Crippen LogP) is 4.93. The third-order valence-corrected chi connectivity index (χ3v) is 6.28. The molecule has 0 bridgehead atoms. The zero-order valence-electron chi connectivity index (χ0n) is 16.1. The van der Waals surface area contributed by atoms with Gasteiger partial charge in [-0.05, 0) is 50.2 Å². The highest BCUT2D eigenvalue weighted by Crippen LogP contribution is 2.33. The topological polar surface area (TPSA) is 92.7 Å². The Morgan fingerprint density at radius 1 is 1.17 bits per heavy atom. The minimum Gasteiger partial charge on any atom is -0.363 e. The summed E-state index contributed by atoms with van der Waals surface area (Å²) in [5, 5.41) is 14.8. The molecule has 0 aliphatic carbocycles. The van der Waals surface area contributed by atoms with E-state index in [0.717, 1.165) is 21.1 Å². The molecular weight excluding hydrogens is 423 g/mol. The second-order valence-electron chi connectivity index (χ2n) is 6.47. The Kier molecular flexibility index (Phi) is 5.77. The van der Waals surface area contributed by atoms with Gasteiger partial charge in [-0.15, -0.1) is 21.5 Å². The van der Waals surface area contributed by atoms with Crippen LogP contribution in [0.3, 0.4) is 0 Å². The highest BCUT2D eigenvalue weighted by molar-refractivity contribution is 7.15. The van der Waals surface area contributed by atoms with Crippen LogP contribution in [0.4, 0.5) is 15.3 Å². The fraction of sp³-hybridized carbons (Fsp3) is 0.150. The lowest BCUT2D eigenvalue weighted by atomic mass is 10.2. The molecule has 30 heavy (non-hydrogen) atoms. The average molecular weight is 441 g/mol. The minimum atomic E-state index is -0.291. The molecule has 0 radical (unpaired) electrons. The van der Waals surface area contributed by atoms with Crippen molar-refractivity contribution in [1.29, 1.82) is 0 Å². The van der Waals surface area contributed by atoms with Crippen molar-refractivity contribution in [2.75, 3.05) is 10.6 Å².